The number of hydrogen-bond donors (Lipinski definition) is 0. The number of para-hydroxylation sites is 3. The van der Waals surface area contributed by atoms with E-state index in [1.54, 1.807) is 0 Å². The Morgan fingerprint density at radius 2 is 0.535 bits per heavy atom. The third kappa shape index (κ3) is 5.66. The maximum Gasteiger partial charge on any atom is 0.179 e. The molecule has 4 heterocycles. The van der Waals surface area contributed by atoms with Gasteiger partial charge in [-0.05, 0) is 112 Å². The van der Waals surface area contributed by atoms with Crippen LogP contribution in [0.4, 0.5) is 0 Å². The second-order valence-corrected chi connectivity index (χ2v) is 22.7. The van der Waals surface area contributed by atoms with Crippen LogP contribution < -0.4 is 20.7 Å². The van der Waals surface area contributed by atoms with Crippen LogP contribution in [0, 0.1) is 0 Å². The minimum absolute atomic E-state index is 1.12. The van der Waals surface area contributed by atoms with Gasteiger partial charge in [0.25, 0.3) is 0 Å². The number of nitrogens with zero attached hydrogens (tertiary/aromatic N) is 4. The fourth-order valence-corrected chi connectivity index (χ4v) is 17.2. The van der Waals surface area contributed by atoms with Crippen molar-refractivity contribution in [3.05, 3.63) is 267 Å². The standard InChI is InChI=1S/C66H44N4Si/c1-5-20-45(21-6-1)67-61-34-18-36-63-65(61)66-62(67)35-19-37-64(66)70(63)47-23-17-22-46(42-47)68-57-32-15-13-30-53(57)55-43-48(38-40-59(55)68)69-58-33-16-14-31-54(58)56-44-52(39-41-60(56)69)71(49-24-7-2-8-25-49,50-26-9-3-10-27-50)51-28-11-4-12-29-51/h1-44H. The molecule has 0 atom stereocenters. The molecular formula is C66H44N4Si. The molecule has 15 aromatic rings. The van der Waals surface area contributed by atoms with Crippen molar-refractivity contribution in [3.63, 3.8) is 0 Å². The Balaban J connectivity index is 0.906. The fraction of sp³-hybridized carbons (Fsp3) is 0. The third-order valence-electron chi connectivity index (χ3n) is 15.3. The molecule has 0 aliphatic rings. The predicted octanol–water partition coefficient (Wildman–Crippen LogP) is 13.7. The van der Waals surface area contributed by atoms with Gasteiger partial charge >= 0.3 is 0 Å². The third-order valence-corrected chi connectivity index (χ3v) is 20.0. The first-order valence-electron chi connectivity index (χ1n) is 24.5. The van der Waals surface area contributed by atoms with E-state index in [4.69, 9.17) is 0 Å². The molecule has 0 saturated heterocycles. The second kappa shape index (κ2) is 15.4. The van der Waals surface area contributed by atoms with E-state index in [2.05, 4.69) is 285 Å². The van der Waals surface area contributed by atoms with Gasteiger partial charge in [-0.15, -0.1) is 0 Å². The number of hydrogen-bond acceptors (Lipinski definition) is 0. The Kier molecular flexibility index (Phi) is 8.64. The Hall–Kier alpha value is -9.16. The first-order valence-corrected chi connectivity index (χ1v) is 26.5. The highest BCUT2D eigenvalue weighted by Gasteiger charge is 2.41. The molecule has 0 bridgehead atoms. The van der Waals surface area contributed by atoms with Crippen molar-refractivity contribution in [2.24, 2.45) is 0 Å². The lowest BCUT2D eigenvalue weighted by molar-refractivity contribution is 1.13. The Morgan fingerprint density at radius 3 is 1.04 bits per heavy atom. The minimum Gasteiger partial charge on any atom is -0.309 e. The molecule has 0 unspecified atom stereocenters. The quantitative estimate of drug-likeness (QED) is 0.107. The second-order valence-electron chi connectivity index (χ2n) is 18.9. The van der Waals surface area contributed by atoms with Gasteiger partial charge in [-0.25, -0.2) is 0 Å². The highest BCUT2D eigenvalue weighted by molar-refractivity contribution is 7.20. The summed E-state index contributed by atoms with van der Waals surface area (Å²) in [5, 5.41) is 13.0. The molecule has 4 nitrogen and oxygen atoms in total. The summed E-state index contributed by atoms with van der Waals surface area (Å²) >= 11 is 0. The molecule has 332 valence electrons. The van der Waals surface area contributed by atoms with Crippen molar-refractivity contribution >= 4 is 105 Å². The molecule has 15 rings (SSSR count). The number of benzene rings is 11. The van der Waals surface area contributed by atoms with Gasteiger partial charge in [-0.1, -0.05) is 176 Å². The Bertz CT molecular complexity index is 4340. The lowest BCUT2D eigenvalue weighted by Gasteiger charge is -2.34. The van der Waals surface area contributed by atoms with E-state index in [1.807, 2.05) is 0 Å². The summed E-state index contributed by atoms with van der Waals surface area (Å²) in [5.74, 6) is 0. The van der Waals surface area contributed by atoms with Crippen LogP contribution in [0.25, 0.3) is 99.2 Å². The van der Waals surface area contributed by atoms with Crippen LogP contribution in [0.3, 0.4) is 0 Å². The predicted molar refractivity (Wildman–Crippen MR) is 301 cm³/mol. The van der Waals surface area contributed by atoms with E-state index in [9.17, 15) is 0 Å². The molecule has 0 spiro atoms. The van der Waals surface area contributed by atoms with E-state index < -0.39 is 8.07 Å². The van der Waals surface area contributed by atoms with Gasteiger partial charge in [0.05, 0.1) is 44.1 Å². The van der Waals surface area contributed by atoms with Gasteiger partial charge in [0, 0.05) is 55.1 Å². The first kappa shape index (κ1) is 39.8. The van der Waals surface area contributed by atoms with E-state index in [0.29, 0.717) is 0 Å². The maximum atomic E-state index is 2.52. The van der Waals surface area contributed by atoms with Gasteiger partial charge in [-0.3, -0.25) is 0 Å². The monoisotopic (exact) mass is 920 g/mol. The molecule has 0 fully saturated rings. The first-order chi connectivity index (χ1) is 35.3. The van der Waals surface area contributed by atoms with Crippen LogP contribution in [0.15, 0.2) is 267 Å². The summed E-state index contributed by atoms with van der Waals surface area (Å²) in [6.45, 7) is 0. The summed E-state index contributed by atoms with van der Waals surface area (Å²) in [4.78, 5) is 0. The summed E-state index contributed by atoms with van der Waals surface area (Å²) in [6.07, 6.45) is 0. The van der Waals surface area contributed by atoms with Gasteiger partial charge in [-0.2, -0.15) is 0 Å². The van der Waals surface area contributed by atoms with E-state index in [-0.39, 0.29) is 0 Å². The van der Waals surface area contributed by atoms with Crippen molar-refractivity contribution < 1.29 is 0 Å². The molecule has 5 heteroatoms. The molecule has 0 amide bonds. The lowest BCUT2D eigenvalue weighted by atomic mass is 10.1. The highest BCUT2D eigenvalue weighted by Crippen LogP contribution is 2.43. The van der Waals surface area contributed by atoms with Gasteiger partial charge in [0.2, 0.25) is 0 Å². The van der Waals surface area contributed by atoms with Crippen molar-refractivity contribution in [2.45, 2.75) is 0 Å². The summed E-state index contributed by atoms with van der Waals surface area (Å²) in [7, 11) is -2.75. The van der Waals surface area contributed by atoms with Crippen LogP contribution in [-0.4, -0.2) is 26.3 Å². The van der Waals surface area contributed by atoms with Crippen molar-refractivity contribution in [1.29, 1.82) is 0 Å². The van der Waals surface area contributed by atoms with Crippen LogP contribution >= 0.6 is 0 Å². The number of aromatic nitrogens is 4. The van der Waals surface area contributed by atoms with E-state index in [1.165, 1.54) is 103 Å². The zero-order valence-electron chi connectivity index (χ0n) is 38.7. The van der Waals surface area contributed by atoms with E-state index in [0.717, 1.165) is 17.1 Å². The normalized spacial score (nSPS) is 12.2. The topological polar surface area (TPSA) is 19.7 Å². The summed E-state index contributed by atoms with van der Waals surface area (Å²) in [6, 6.07) is 99.1. The Morgan fingerprint density at radius 1 is 0.197 bits per heavy atom. The number of rotatable bonds is 8. The SMILES string of the molecule is c1ccc(-n2c3cccc4c3c3c2cccc3n4-c2cccc(-n3c4ccccc4c4cc(-n5c6ccccc6c6cc([Si](c7ccccc7)(c7ccccc7)c7ccccc7)ccc65)ccc43)c2)cc1. The molecule has 11 aromatic carbocycles. The minimum atomic E-state index is -2.75. The van der Waals surface area contributed by atoms with Gasteiger partial charge < -0.3 is 18.3 Å². The average molecular weight is 921 g/mol. The van der Waals surface area contributed by atoms with Gasteiger partial charge in [0.1, 0.15) is 0 Å². The molecule has 0 radical (unpaired) electrons. The van der Waals surface area contributed by atoms with Crippen molar-refractivity contribution in [3.8, 4) is 22.7 Å². The zero-order valence-corrected chi connectivity index (χ0v) is 39.7. The average Bonchev–Trinajstić information content (AvgIpc) is 4.18. The van der Waals surface area contributed by atoms with Crippen molar-refractivity contribution in [2.75, 3.05) is 0 Å². The maximum absolute atomic E-state index is 2.75. The van der Waals surface area contributed by atoms with Crippen LogP contribution in [0.2, 0.25) is 0 Å². The number of fused-ring (bicyclic) bond motifs is 6. The van der Waals surface area contributed by atoms with Crippen LogP contribution in [0.1, 0.15) is 0 Å². The molecule has 71 heavy (non-hydrogen) atoms. The van der Waals surface area contributed by atoms with Crippen LogP contribution in [0.5, 0.6) is 0 Å². The molecule has 0 aliphatic heterocycles. The molecular weight excluding hydrogens is 877 g/mol. The molecule has 4 aromatic heterocycles. The summed E-state index contributed by atoms with van der Waals surface area (Å²) in [5.41, 5.74) is 14.2. The largest absolute Gasteiger partial charge is 0.309 e. The zero-order chi connectivity index (χ0) is 46.6. The highest BCUT2D eigenvalue weighted by atomic mass is 28.3. The van der Waals surface area contributed by atoms with Gasteiger partial charge in [0.15, 0.2) is 8.07 Å². The smallest absolute Gasteiger partial charge is 0.179 e. The fourth-order valence-electron chi connectivity index (χ4n) is 12.4. The van der Waals surface area contributed by atoms with E-state index >= 15 is 0 Å². The Labute approximate surface area is 411 Å². The lowest BCUT2D eigenvalue weighted by Crippen LogP contribution is -2.74. The van der Waals surface area contributed by atoms with Crippen molar-refractivity contribution in [1.82, 2.24) is 18.3 Å². The molecule has 0 aliphatic carbocycles. The summed E-state index contributed by atoms with van der Waals surface area (Å²) < 4.78 is 9.79. The molecule has 0 saturated carbocycles. The molecule has 0 N–H and O–H groups in total. The van der Waals surface area contributed by atoms with Crippen LogP contribution in [-0.2, 0) is 0 Å².